The highest BCUT2D eigenvalue weighted by Crippen LogP contribution is 2.11. The highest BCUT2D eigenvalue weighted by molar-refractivity contribution is 7.98. The highest BCUT2D eigenvalue weighted by atomic mass is 32.2. The summed E-state index contributed by atoms with van der Waals surface area (Å²) in [6, 6.07) is -0.225. The van der Waals surface area contributed by atoms with E-state index in [9.17, 15) is 9.59 Å². The molecule has 1 saturated heterocycles. The number of quaternary nitrogens is 1. The summed E-state index contributed by atoms with van der Waals surface area (Å²) in [5.41, 5.74) is 0. The Hall–Kier alpha value is -0.950. The molecule has 0 aromatic heterocycles. The summed E-state index contributed by atoms with van der Waals surface area (Å²) in [5, 5.41) is 0. The predicted octanol–water partition coefficient (Wildman–Crippen LogP) is 1.32. The molecule has 7 heteroatoms. The lowest BCUT2D eigenvalue weighted by atomic mass is 10.3. The number of thioether (sulfide) groups is 1. The molecular weight excluding hydrogens is 278 g/mol. The second-order valence-corrected chi connectivity index (χ2v) is 6.48. The Morgan fingerprint density at radius 3 is 2.40 bits per heavy atom. The number of amides is 3. The summed E-state index contributed by atoms with van der Waals surface area (Å²) >= 11 is 1.61. The van der Waals surface area contributed by atoms with Gasteiger partial charge in [0.25, 0.3) is 0 Å². The normalized spacial score (nSPS) is 17.7. The van der Waals surface area contributed by atoms with Crippen LogP contribution in [0.5, 0.6) is 0 Å². The summed E-state index contributed by atoms with van der Waals surface area (Å²) in [6.45, 7) is 5.60. The van der Waals surface area contributed by atoms with Gasteiger partial charge in [-0.3, -0.25) is 0 Å². The van der Waals surface area contributed by atoms with Gasteiger partial charge in [0.2, 0.25) is 0 Å². The fraction of sp³-hybridized carbons (Fsp3) is 0.846. The number of urea groups is 1. The molecule has 0 bridgehead atoms. The van der Waals surface area contributed by atoms with Gasteiger partial charge in [0.1, 0.15) is 0 Å². The number of likely N-dealkylation sites (N-methyl/N-ethyl adjacent to an activating group) is 1. The second-order valence-electron chi connectivity index (χ2n) is 5.50. The van der Waals surface area contributed by atoms with E-state index in [1.165, 1.54) is 4.90 Å². The average Bonchev–Trinajstić information content (AvgIpc) is 2.39. The van der Waals surface area contributed by atoms with E-state index in [-0.39, 0.29) is 12.6 Å². The Bertz CT molecular complexity index is 340. The van der Waals surface area contributed by atoms with Crippen molar-refractivity contribution in [2.24, 2.45) is 0 Å². The number of ether oxygens (including phenoxy) is 1. The zero-order chi connectivity index (χ0) is 15.2. The van der Waals surface area contributed by atoms with Crippen molar-refractivity contribution in [1.29, 1.82) is 0 Å². The molecule has 0 aliphatic carbocycles. The Kier molecular flexibility index (Phi) is 6.61. The predicted molar refractivity (Wildman–Crippen MR) is 80.9 cm³/mol. The molecule has 116 valence electrons. The molecule has 0 atom stereocenters. The van der Waals surface area contributed by atoms with E-state index in [1.807, 2.05) is 6.26 Å². The lowest BCUT2D eigenvalue weighted by molar-refractivity contribution is -0.894. The van der Waals surface area contributed by atoms with E-state index in [0.29, 0.717) is 19.6 Å². The molecule has 0 aromatic carbocycles. The van der Waals surface area contributed by atoms with E-state index in [1.54, 1.807) is 23.6 Å². The number of rotatable bonds is 4. The van der Waals surface area contributed by atoms with Gasteiger partial charge in [-0.15, -0.1) is 0 Å². The molecule has 0 unspecified atom stereocenters. The van der Waals surface area contributed by atoms with Crippen molar-refractivity contribution < 1.29 is 18.8 Å². The topological polar surface area (TPSA) is 49.9 Å². The van der Waals surface area contributed by atoms with E-state index in [2.05, 4.69) is 14.1 Å². The van der Waals surface area contributed by atoms with Crippen LogP contribution in [0.1, 0.15) is 6.92 Å². The van der Waals surface area contributed by atoms with Crippen molar-refractivity contribution in [1.82, 2.24) is 9.80 Å². The van der Waals surface area contributed by atoms with Crippen LogP contribution >= 0.6 is 11.8 Å². The van der Waals surface area contributed by atoms with Gasteiger partial charge in [-0.2, -0.15) is 11.8 Å². The number of carbonyl (C=O) groups excluding carboxylic acids is 2. The van der Waals surface area contributed by atoms with Gasteiger partial charge < -0.3 is 14.1 Å². The first kappa shape index (κ1) is 17.1. The van der Waals surface area contributed by atoms with Crippen molar-refractivity contribution >= 4 is 23.9 Å². The Morgan fingerprint density at radius 2 is 1.90 bits per heavy atom. The maximum Gasteiger partial charge on any atom is 0.417 e. The molecule has 1 aliphatic heterocycles. The molecule has 0 aromatic rings. The van der Waals surface area contributed by atoms with E-state index in [0.717, 1.165) is 23.3 Å². The van der Waals surface area contributed by atoms with Crippen LogP contribution in [-0.4, -0.2) is 91.8 Å². The summed E-state index contributed by atoms with van der Waals surface area (Å²) in [4.78, 5) is 27.3. The molecule has 20 heavy (non-hydrogen) atoms. The molecule has 0 spiro atoms. The third kappa shape index (κ3) is 4.86. The monoisotopic (exact) mass is 304 g/mol. The summed E-state index contributed by atoms with van der Waals surface area (Å²) in [5.74, 6) is 0.722. The van der Waals surface area contributed by atoms with Crippen LogP contribution < -0.4 is 0 Å². The first-order chi connectivity index (χ1) is 9.41. The van der Waals surface area contributed by atoms with Crippen molar-refractivity contribution in [2.45, 2.75) is 6.92 Å². The minimum Gasteiger partial charge on any atom is -0.449 e. The van der Waals surface area contributed by atoms with Crippen molar-refractivity contribution in [3.05, 3.63) is 0 Å². The third-order valence-electron chi connectivity index (χ3n) is 3.46. The number of piperazine rings is 1. The number of nitrogens with zero attached hydrogens (tertiary/aromatic N) is 3. The number of imide groups is 1. The molecule has 1 rings (SSSR count). The molecule has 6 nitrogen and oxygen atoms in total. The summed E-state index contributed by atoms with van der Waals surface area (Å²) in [7, 11) is 4.30. The third-order valence-corrected chi connectivity index (χ3v) is 4.05. The minimum absolute atomic E-state index is 0.225. The fourth-order valence-corrected chi connectivity index (χ4v) is 2.38. The van der Waals surface area contributed by atoms with Crippen molar-refractivity contribution in [3.8, 4) is 0 Å². The second kappa shape index (κ2) is 7.73. The molecule has 0 N–H and O–H groups in total. The molecule has 1 fully saturated rings. The lowest BCUT2D eigenvalue weighted by Crippen LogP contribution is -2.59. The van der Waals surface area contributed by atoms with Crippen LogP contribution in [-0.2, 0) is 4.74 Å². The maximum absolute atomic E-state index is 12.5. The smallest absolute Gasteiger partial charge is 0.417 e. The van der Waals surface area contributed by atoms with Gasteiger partial charge in [-0.1, -0.05) is 0 Å². The van der Waals surface area contributed by atoms with Gasteiger partial charge in [0.05, 0.1) is 46.9 Å². The Morgan fingerprint density at radius 1 is 1.30 bits per heavy atom. The fourth-order valence-electron chi connectivity index (χ4n) is 2.02. The summed E-state index contributed by atoms with van der Waals surface area (Å²) in [6.07, 6.45) is 1.42. The van der Waals surface area contributed by atoms with Crippen LogP contribution in [0, 0.1) is 0 Å². The number of carbonyl (C=O) groups is 2. The number of hydrogen-bond acceptors (Lipinski definition) is 4. The molecular formula is C13H26N3O3S+. The summed E-state index contributed by atoms with van der Waals surface area (Å²) < 4.78 is 5.89. The van der Waals surface area contributed by atoms with E-state index in [4.69, 9.17) is 4.74 Å². The molecule has 3 amide bonds. The van der Waals surface area contributed by atoms with Gasteiger partial charge in [-0.05, 0) is 13.2 Å². The average molecular weight is 304 g/mol. The quantitative estimate of drug-likeness (QED) is 0.735. The van der Waals surface area contributed by atoms with Gasteiger partial charge in [0, 0.05) is 12.3 Å². The van der Waals surface area contributed by atoms with Crippen molar-refractivity contribution in [2.75, 3.05) is 65.4 Å². The molecule has 0 radical (unpaired) electrons. The maximum atomic E-state index is 12.5. The molecule has 0 saturated carbocycles. The van der Waals surface area contributed by atoms with Gasteiger partial charge in [-0.25, -0.2) is 14.5 Å². The van der Waals surface area contributed by atoms with Gasteiger partial charge >= 0.3 is 12.1 Å². The van der Waals surface area contributed by atoms with Crippen LogP contribution in [0.2, 0.25) is 0 Å². The Balaban J connectivity index is 2.65. The highest BCUT2D eigenvalue weighted by Gasteiger charge is 2.32. The molecule has 1 aliphatic rings. The first-order valence-corrected chi connectivity index (χ1v) is 8.35. The zero-order valence-electron chi connectivity index (χ0n) is 12.9. The van der Waals surface area contributed by atoms with E-state index >= 15 is 0 Å². The largest absolute Gasteiger partial charge is 0.449 e. The molecule has 1 heterocycles. The lowest BCUT2D eigenvalue weighted by Gasteiger charge is -2.40. The Labute approximate surface area is 125 Å². The van der Waals surface area contributed by atoms with Gasteiger partial charge in [0.15, 0.2) is 0 Å². The minimum atomic E-state index is -0.536. The van der Waals surface area contributed by atoms with Crippen LogP contribution in [0.3, 0.4) is 0 Å². The standard InChI is InChI=1S/C13H26N3O3S/c1-5-19-13(18)15(8-11-20-4)12(17)14-6-9-16(2,3)10-7-14/h5-11H2,1-4H3/q+1. The van der Waals surface area contributed by atoms with Crippen LogP contribution in [0.4, 0.5) is 9.59 Å². The number of hydrogen-bond donors (Lipinski definition) is 0. The SMILES string of the molecule is CCOC(=O)N(CCSC)C(=O)N1CC[N+](C)(C)CC1. The first-order valence-electron chi connectivity index (χ1n) is 6.95. The zero-order valence-corrected chi connectivity index (χ0v) is 13.7. The van der Waals surface area contributed by atoms with Crippen LogP contribution in [0.15, 0.2) is 0 Å². The van der Waals surface area contributed by atoms with E-state index < -0.39 is 6.09 Å². The van der Waals surface area contributed by atoms with Crippen molar-refractivity contribution in [3.63, 3.8) is 0 Å². The van der Waals surface area contributed by atoms with Crippen LogP contribution in [0.25, 0.3) is 0 Å².